The summed E-state index contributed by atoms with van der Waals surface area (Å²) in [5.41, 5.74) is 0. The Hall–Kier alpha value is -2.50. The maximum absolute atomic E-state index is 12.1. The van der Waals surface area contributed by atoms with Gasteiger partial charge in [-0.2, -0.15) is 11.8 Å². The fourth-order valence-electron chi connectivity index (χ4n) is 3.36. The van der Waals surface area contributed by atoms with E-state index in [4.69, 9.17) is 10.2 Å². The lowest BCUT2D eigenvalue weighted by molar-refractivity contribution is -0.140. The van der Waals surface area contributed by atoms with Gasteiger partial charge in [0.2, 0.25) is 11.8 Å². The van der Waals surface area contributed by atoms with Crippen molar-refractivity contribution < 1.29 is 34.2 Å². The lowest BCUT2D eigenvalue weighted by atomic mass is 10.0. The molecule has 6 N–H and O–H groups in total. The second kappa shape index (κ2) is 10.9. The van der Waals surface area contributed by atoms with E-state index in [1.54, 1.807) is 11.8 Å². The summed E-state index contributed by atoms with van der Waals surface area (Å²) in [7, 11) is 0. The molecule has 2 fully saturated rings. The van der Waals surface area contributed by atoms with E-state index < -0.39 is 36.3 Å². The van der Waals surface area contributed by atoms with Crippen LogP contribution < -0.4 is 21.3 Å². The fraction of sp³-hybridized carbons (Fsp3) is 0.706. The van der Waals surface area contributed by atoms with Gasteiger partial charge in [0.1, 0.15) is 12.6 Å². The molecule has 162 valence electrons. The van der Waals surface area contributed by atoms with E-state index in [0.29, 0.717) is 11.7 Å². The molecule has 0 radical (unpaired) electrons. The van der Waals surface area contributed by atoms with E-state index in [0.717, 1.165) is 18.6 Å². The number of hydrogen-bond donors (Lipinski definition) is 6. The van der Waals surface area contributed by atoms with Crippen LogP contribution in [0, 0.1) is 0 Å². The van der Waals surface area contributed by atoms with E-state index >= 15 is 0 Å². The van der Waals surface area contributed by atoms with Gasteiger partial charge in [0.25, 0.3) is 0 Å². The largest absolute Gasteiger partial charge is 0.481 e. The summed E-state index contributed by atoms with van der Waals surface area (Å²) in [5, 5.41) is 28.1. The fourth-order valence-corrected chi connectivity index (χ4v) is 4.91. The Morgan fingerprint density at radius 3 is 2.55 bits per heavy atom. The molecule has 0 aromatic rings. The van der Waals surface area contributed by atoms with Crippen LogP contribution in [0.5, 0.6) is 0 Å². The molecule has 2 heterocycles. The van der Waals surface area contributed by atoms with Crippen LogP contribution in [-0.2, 0) is 19.2 Å². The first-order chi connectivity index (χ1) is 13.8. The van der Waals surface area contributed by atoms with Gasteiger partial charge in [-0.3, -0.25) is 19.2 Å². The molecule has 2 aliphatic rings. The van der Waals surface area contributed by atoms with E-state index in [2.05, 4.69) is 21.3 Å². The summed E-state index contributed by atoms with van der Waals surface area (Å²) < 4.78 is 0. The quantitative estimate of drug-likeness (QED) is 0.173. The van der Waals surface area contributed by atoms with E-state index in [1.807, 2.05) is 0 Å². The molecule has 2 rings (SSSR count). The van der Waals surface area contributed by atoms with Crippen molar-refractivity contribution in [2.75, 3.05) is 12.3 Å². The van der Waals surface area contributed by atoms with Gasteiger partial charge in [0, 0.05) is 23.8 Å². The lowest BCUT2D eigenvalue weighted by Crippen LogP contribution is -2.48. The standard InChI is InChI=1S/C17H26N4O7S/c22-12(19-9(5-6-13(23)24)16(27)18-7-14(25)26)4-2-1-3-11-15-10(8-29-11)20-17(28)21-15/h9-11,15H,1-8H2,(H,18,27)(H,19,22)(H,23,24)(H,25,26)(H2,20,21,28)/t9-,10-,11-,15-/m0/s1. The number of carboxylic acid groups (broad SMARTS) is 2. The highest BCUT2D eigenvalue weighted by atomic mass is 32.2. The zero-order chi connectivity index (χ0) is 21.4. The summed E-state index contributed by atoms with van der Waals surface area (Å²) in [5.74, 6) is -2.59. The molecule has 4 atom stereocenters. The van der Waals surface area contributed by atoms with Crippen molar-refractivity contribution in [3.8, 4) is 0 Å². The SMILES string of the molecule is O=C(O)CC[C@H](NC(=O)CCCC[C@@H]1SC[C@@H]2NC(=O)N[C@@H]21)C(=O)NCC(=O)O. The Morgan fingerprint density at radius 2 is 1.86 bits per heavy atom. The Labute approximate surface area is 171 Å². The van der Waals surface area contributed by atoms with Crippen LogP contribution >= 0.6 is 11.8 Å². The highest BCUT2D eigenvalue weighted by Gasteiger charge is 2.42. The molecule has 12 heteroatoms. The minimum atomic E-state index is -1.23. The highest BCUT2D eigenvalue weighted by molar-refractivity contribution is 8.00. The summed E-state index contributed by atoms with van der Waals surface area (Å²) >= 11 is 1.79. The second-order valence-corrected chi connectivity index (χ2v) is 8.30. The zero-order valence-electron chi connectivity index (χ0n) is 15.8. The molecule has 0 aromatic heterocycles. The topological polar surface area (TPSA) is 174 Å². The van der Waals surface area contributed by atoms with E-state index in [9.17, 15) is 24.0 Å². The van der Waals surface area contributed by atoms with E-state index in [1.165, 1.54) is 0 Å². The maximum atomic E-state index is 12.1. The number of urea groups is 1. The molecule has 29 heavy (non-hydrogen) atoms. The van der Waals surface area contributed by atoms with Crippen LogP contribution in [0.1, 0.15) is 38.5 Å². The molecule has 0 unspecified atom stereocenters. The van der Waals surface area contributed by atoms with Crippen molar-refractivity contribution in [1.29, 1.82) is 0 Å². The summed E-state index contributed by atoms with van der Waals surface area (Å²) in [6.45, 7) is -0.606. The van der Waals surface area contributed by atoms with Gasteiger partial charge in [-0.25, -0.2) is 4.79 Å². The zero-order valence-corrected chi connectivity index (χ0v) is 16.6. The van der Waals surface area contributed by atoms with Gasteiger partial charge in [-0.05, 0) is 19.3 Å². The smallest absolute Gasteiger partial charge is 0.322 e. The Balaban J connectivity index is 1.71. The Morgan fingerprint density at radius 1 is 1.10 bits per heavy atom. The number of hydrogen-bond acceptors (Lipinski definition) is 6. The van der Waals surface area contributed by atoms with Crippen molar-refractivity contribution in [2.24, 2.45) is 0 Å². The molecular formula is C17H26N4O7S. The minimum absolute atomic E-state index is 0.111. The number of carbonyl (C=O) groups is 5. The molecule has 0 aromatic carbocycles. The Kier molecular flexibility index (Phi) is 8.55. The first-order valence-corrected chi connectivity index (χ1v) is 10.5. The van der Waals surface area contributed by atoms with Gasteiger partial charge in [0.15, 0.2) is 0 Å². The summed E-state index contributed by atoms with van der Waals surface area (Å²) in [4.78, 5) is 56.8. The van der Waals surface area contributed by atoms with Gasteiger partial charge < -0.3 is 31.5 Å². The molecule has 4 amide bonds. The lowest BCUT2D eigenvalue weighted by Gasteiger charge is -2.18. The van der Waals surface area contributed by atoms with Crippen LogP contribution in [0.15, 0.2) is 0 Å². The molecular weight excluding hydrogens is 404 g/mol. The number of carboxylic acids is 2. The maximum Gasteiger partial charge on any atom is 0.322 e. The third kappa shape index (κ3) is 7.44. The van der Waals surface area contributed by atoms with Crippen molar-refractivity contribution >= 4 is 41.5 Å². The number of carbonyl (C=O) groups excluding carboxylic acids is 3. The first-order valence-electron chi connectivity index (χ1n) is 9.45. The van der Waals surface area contributed by atoms with Crippen molar-refractivity contribution in [3.63, 3.8) is 0 Å². The second-order valence-electron chi connectivity index (χ2n) is 7.03. The third-order valence-electron chi connectivity index (χ3n) is 4.79. The first kappa shape index (κ1) is 22.8. The van der Waals surface area contributed by atoms with Crippen LogP contribution in [-0.4, -0.2) is 75.7 Å². The van der Waals surface area contributed by atoms with Gasteiger partial charge in [-0.1, -0.05) is 6.42 Å². The average Bonchev–Trinajstić information content (AvgIpc) is 3.19. The number of amides is 4. The average molecular weight is 430 g/mol. The van der Waals surface area contributed by atoms with Crippen LogP contribution in [0.4, 0.5) is 4.79 Å². The van der Waals surface area contributed by atoms with Crippen molar-refractivity contribution in [2.45, 2.75) is 61.9 Å². The van der Waals surface area contributed by atoms with Gasteiger partial charge >= 0.3 is 18.0 Å². The molecule has 2 saturated heterocycles. The molecule has 0 saturated carbocycles. The van der Waals surface area contributed by atoms with Crippen molar-refractivity contribution in [3.05, 3.63) is 0 Å². The number of unbranched alkanes of at least 4 members (excludes halogenated alkanes) is 1. The minimum Gasteiger partial charge on any atom is -0.481 e. The molecule has 11 nitrogen and oxygen atoms in total. The number of thioether (sulfide) groups is 1. The number of rotatable bonds is 12. The molecule has 0 bridgehead atoms. The summed E-state index contributed by atoms with van der Waals surface area (Å²) in [6, 6.07) is -0.970. The van der Waals surface area contributed by atoms with Crippen LogP contribution in [0.3, 0.4) is 0 Å². The van der Waals surface area contributed by atoms with Crippen molar-refractivity contribution in [1.82, 2.24) is 21.3 Å². The van der Waals surface area contributed by atoms with Gasteiger partial charge in [-0.15, -0.1) is 0 Å². The van der Waals surface area contributed by atoms with Gasteiger partial charge in [0.05, 0.1) is 12.1 Å². The molecule has 2 aliphatic heterocycles. The predicted molar refractivity (Wildman–Crippen MR) is 103 cm³/mol. The predicted octanol–water partition coefficient (Wildman–Crippen LogP) is -0.737. The summed E-state index contributed by atoms with van der Waals surface area (Å²) in [6.07, 6.45) is 1.93. The normalized spacial score (nSPS) is 23.4. The Bertz CT molecular complexity index is 660. The molecule has 0 aliphatic carbocycles. The van der Waals surface area contributed by atoms with E-state index in [-0.39, 0.29) is 37.4 Å². The van der Waals surface area contributed by atoms with Crippen LogP contribution in [0.25, 0.3) is 0 Å². The third-order valence-corrected chi connectivity index (χ3v) is 6.30. The van der Waals surface area contributed by atoms with Crippen LogP contribution in [0.2, 0.25) is 0 Å². The monoisotopic (exact) mass is 430 g/mol. The number of aliphatic carboxylic acids is 2. The molecule has 0 spiro atoms. The number of fused-ring (bicyclic) bond motifs is 1. The number of nitrogens with one attached hydrogen (secondary N) is 4. The highest BCUT2D eigenvalue weighted by Crippen LogP contribution is 2.33.